The van der Waals surface area contributed by atoms with E-state index < -0.39 is 12.1 Å². The van der Waals surface area contributed by atoms with Crippen LogP contribution in [-0.2, 0) is 0 Å². The van der Waals surface area contributed by atoms with E-state index in [4.69, 9.17) is 22.1 Å². The lowest BCUT2D eigenvalue weighted by Crippen LogP contribution is -2.25. The third-order valence-electron chi connectivity index (χ3n) is 2.77. The van der Waals surface area contributed by atoms with Gasteiger partial charge in [0.15, 0.2) is 0 Å². The van der Waals surface area contributed by atoms with Crippen LogP contribution in [0.1, 0.15) is 29.7 Å². The summed E-state index contributed by atoms with van der Waals surface area (Å²) in [5, 5.41) is 10.2. The molecule has 2 unspecified atom stereocenters. The maximum Gasteiger partial charge on any atom is 0.124 e. The van der Waals surface area contributed by atoms with Crippen LogP contribution in [-0.4, -0.2) is 18.3 Å². The van der Waals surface area contributed by atoms with Gasteiger partial charge in [0.05, 0.1) is 19.3 Å². The molecular formula is C12H18ClNO2. The number of hydrogen-bond acceptors (Lipinski definition) is 3. The summed E-state index contributed by atoms with van der Waals surface area (Å²) in [5.74, 6) is 0.674. The molecule has 0 saturated heterocycles. The van der Waals surface area contributed by atoms with Crippen molar-refractivity contribution in [3.8, 4) is 5.75 Å². The van der Waals surface area contributed by atoms with Gasteiger partial charge in [-0.2, -0.15) is 0 Å². The fraction of sp³-hybridized carbons (Fsp3) is 0.500. The van der Waals surface area contributed by atoms with E-state index in [2.05, 4.69) is 0 Å². The quantitative estimate of drug-likeness (QED) is 0.857. The Bertz CT molecular complexity index is 391. The summed E-state index contributed by atoms with van der Waals surface area (Å²) in [5.41, 5.74) is 8.53. The first-order valence-corrected chi connectivity index (χ1v) is 5.55. The topological polar surface area (TPSA) is 55.5 Å². The lowest BCUT2D eigenvalue weighted by molar-refractivity contribution is 0.162. The summed E-state index contributed by atoms with van der Waals surface area (Å²) in [7, 11) is 1.58. The molecule has 0 radical (unpaired) electrons. The van der Waals surface area contributed by atoms with Crippen molar-refractivity contribution in [2.45, 2.75) is 32.9 Å². The highest BCUT2D eigenvalue weighted by atomic mass is 35.5. The molecule has 0 aromatic heterocycles. The van der Waals surface area contributed by atoms with Crippen molar-refractivity contribution in [1.82, 2.24) is 0 Å². The zero-order valence-corrected chi connectivity index (χ0v) is 10.8. The summed E-state index contributed by atoms with van der Waals surface area (Å²) < 4.78 is 5.28. The van der Waals surface area contributed by atoms with Crippen LogP contribution in [0.25, 0.3) is 0 Å². The maximum absolute atomic E-state index is 9.56. The van der Waals surface area contributed by atoms with Crippen LogP contribution in [0, 0.1) is 13.8 Å². The first kappa shape index (κ1) is 13.3. The van der Waals surface area contributed by atoms with Crippen molar-refractivity contribution in [1.29, 1.82) is 0 Å². The van der Waals surface area contributed by atoms with E-state index in [1.807, 2.05) is 19.9 Å². The monoisotopic (exact) mass is 243 g/mol. The fourth-order valence-electron chi connectivity index (χ4n) is 1.76. The van der Waals surface area contributed by atoms with Gasteiger partial charge < -0.3 is 15.6 Å². The summed E-state index contributed by atoms with van der Waals surface area (Å²) in [4.78, 5) is 0. The number of nitrogens with two attached hydrogens (primary N) is 1. The molecule has 2 atom stereocenters. The van der Waals surface area contributed by atoms with Crippen LogP contribution in [0.2, 0.25) is 5.02 Å². The Kier molecular flexibility index (Phi) is 4.19. The van der Waals surface area contributed by atoms with Gasteiger partial charge in [0.25, 0.3) is 0 Å². The number of aryl methyl sites for hydroxylation is 1. The minimum atomic E-state index is -0.647. The normalized spacial score (nSPS) is 14.7. The van der Waals surface area contributed by atoms with Crippen LogP contribution >= 0.6 is 11.6 Å². The van der Waals surface area contributed by atoms with Crippen LogP contribution in [0.4, 0.5) is 0 Å². The van der Waals surface area contributed by atoms with Crippen LogP contribution in [0.5, 0.6) is 5.75 Å². The number of halogens is 1. The fourth-order valence-corrected chi connectivity index (χ4v) is 1.92. The summed E-state index contributed by atoms with van der Waals surface area (Å²) in [6, 6.07) is 1.35. The Morgan fingerprint density at radius 2 is 2.00 bits per heavy atom. The van der Waals surface area contributed by atoms with Gasteiger partial charge in [-0.3, -0.25) is 0 Å². The number of benzene rings is 1. The van der Waals surface area contributed by atoms with Gasteiger partial charge in [-0.25, -0.2) is 0 Å². The molecule has 1 aromatic rings. The average Bonchev–Trinajstić information content (AvgIpc) is 2.24. The summed E-state index contributed by atoms with van der Waals surface area (Å²) in [6.45, 7) is 5.45. The standard InChI is InChI=1S/C12H18ClNO2/c1-6-5-9(16-4)10(7(2)11(6)13)12(14)8(3)15/h5,8,12,15H,14H2,1-4H3. The number of aliphatic hydroxyl groups is 1. The highest BCUT2D eigenvalue weighted by molar-refractivity contribution is 6.32. The minimum Gasteiger partial charge on any atom is -0.496 e. The van der Waals surface area contributed by atoms with Crippen LogP contribution in [0.15, 0.2) is 6.07 Å². The Morgan fingerprint density at radius 1 is 1.44 bits per heavy atom. The van der Waals surface area contributed by atoms with Gasteiger partial charge in [-0.15, -0.1) is 0 Å². The highest BCUT2D eigenvalue weighted by Gasteiger charge is 2.21. The van der Waals surface area contributed by atoms with E-state index >= 15 is 0 Å². The minimum absolute atomic E-state index is 0.493. The Labute approximate surface area is 101 Å². The Balaban J connectivity index is 3.41. The molecule has 3 N–H and O–H groups in total. The molecule has 0 aliphatic rings. The second-order valence-corrected chi connectivity index (χ2v) is 4.39. The molecule has 0 spiro atoms. The molecule has 0 saturated carbocycles. The number of aliphatic hydroxyl groups excluding tert-OH is 1. The molecule has 0 heterocycles. The van der Waals surface area contributed by atoms with E-state index in [1.54, 1.807) is 14.0 Å². The zero-order chi connectivity index (χ0) is 12.5. The van der Waals surface area contributed by atoms with Crippen LogP contribution in [0.3, 0.4) is 0 Å². The van der Waals surface area contributed by atoms with E-state index in [0.29, 0.717) is 10.8 Å². The number of methoxy groups -OCH3 is 1. The molecule has 0 bridgehead atoms. The molecule has 90 valence electrons. The zero-order valence-electron chi connectivity index (χ0n) is 10.0. The third kappa shape index (κ3) is 2.32. The second-order valence-electron chi connectivity index (χ2n) is 4.01. The third-order valence-corrected chi connectivity index (χ3v) is 3.35. The molecule has 0 aliphatic heterocycles. The van der Waals surface area contributed by atoms with Crippen molar-refractivity contribution in [3.63, 3.8) is 0 Å². The van der Waals surface area contributed by atoms with Gasteiger partial charge in [0, 0.05) is 10.6 Å². The number of rotatable bonds is 3. The van der Waals surface area contributed by atoms with Crippen molar-refractivity contribution >= 4 is 11.6 Å². The van der Waals surface area contributed by atoms with Gasteiger partial charge >= 0.3 is 0 Å². The van der Waals surface area contributed by atoms with Crippen molar-refractivity contribution in [2.24, 2.45) is 5.73 Å². The van der Waals surface area contributed by atoms with Crippen molar-refractivity contribution in [2.75, 3.05) is 7.11 Å². The smallest absolute Gasteiger partial charge is 0.124 e. The molecule has 0 aliphatic carbocycles. The Morgan fingerprint density at radius 3 is 2.44 bits per heavy atom. The predicted octanol–water partition coefficient (Wildman–Crippen LogP) is 2.35. The van der Waals surface area contributed by atoms with Gasteiger partial charge in [-0.1, -0.05) is 11.6 Å². The lowest BCUT2D eigenvalue weighted by Gasteiger charge is -2.22. The average molecular weight is 244 g/mol. The molecule has 0 fully saturated rings. The molecule has 0 amide bonds. The molecule has 16 heavy (non-hydrogen) atoms. The molecule has 4 heteroatoms. The van der Waals surface area contributed by atoms with Crippen molar-refractivity contribution < 1.29 is 9.84 Å². The SMILES string of the molecule is COc1cc(C)c(Cl)c(C)c1C(N)C(C)O. The Hall–Kier alpha value is -0.770. The first-order valence-electron chi connectivity index (χ1n) is 5.17. The molecule has 1 rings (SSSR count). The van der Waals surface area contributed by atoms with Crippen molar-refractivity contribution in [3.05, 3.63) is 27.8 Å². The molecule has 3 nitrogen and oxygen atoms in total. The van der Waals surface area contributed by atoms with E-state index in [1.165, 1.54) is 0 Å². The molecular weight excluding hydrogens is 226 g/mol. The van der Waals surface area contributed by atoms with E-state index in [9.17, 15) is 5.11 Å². The van der Waals surface area contributed by atoms with Gasteiger partial charge in [-0.05, 0) is 38.0 Å². The highest BCUT2D eigenvalue weighted by Crippen LogP contribution is 2.35. The summed E-state index contributed by atoms with van der Waals surface area (Å²) in [6.07, 6.45) is -0.647. The number of hydrogen-bond donors (Lipinski definition) is 2. The predicted molar refractivity (Wildman–Crippen MR) is 66.1 cm³/mol. The second kappa shape index (κ2) is 5.04. The summed E-state index contributed by atoms with van der Waals surface area (Å²) >= 11 is 6.17. The van der Waals surface area contributed by atoms with Gasteiger partial charge in [0.2, 0.25) is 0 Å². The van der Waals surface area contributed by atoms with E-state index in [0.717, 1.165) is 16.7 Å². The maximum atomic E-state index is 9.56. The number of ether oxygens (including phenoxy) is 1. The van der Waals surface area contributed by atoms with E-state index in [-0.39, 0.29) is 0 Å². The largest absolute Gasteiger partial charge is 0.496 e. The first-order chi connectivity index (χ1) is 7.40. The van der Waals surface area contributed by atoms with Gasteiger partial charge in [0.1, 0.15) is 5.75 Å². The van der Waals surface area contributed by atoms with Crippen LogP contribution < -0.4 is 10.5 Å². The molecule has 1 aromatic carbocycles. The lowest BCUT2D eigenvalue weighted by atomic mass is 9.95.